The van der Waals surface area contributed by atoms with E-state index < -0.39 is 22.4 Å². The zero-order chi connectivity index (χ0) is 12.5. The molecule has 0 amide bonds. The van der Waals surface area contributed by atoms with Crippen molar-refractivity contribution in [3.8, 4) is 0 Å². The maximum atomic E-state index is 12.5. The summed E-state index contributed by atoms with van der Waals surface area (Å²) in [5.41, 5.74) is -1.90. The van der Waals surface area contributed by atoms with Gasteiger partial charge in [-0.15, -0.1) is 11.6 Å². The Morgan fingerprint density at radius 1 is 1.44 bits per heavy atom. The lowest BCUT2D eigenvalue weighted by Crippen LogP contribution is -2.11. The molecule has 0 saturated heterocycles. The standard InChI is InChI=1S/C9H7ClF3NO2/c1-5-6(4-10)2-3-7(9(11,12)13)8(5)14(15)16/h2-3H,4H2,1H3. The summed E-state index contributed by atoms with van der Waals surface area (Å²) in [7, 11) is 0. The minimum Gasteiger partial charge on any atom is -0.258 e. The maximum absolute atomic E-state index is 12.5. The number of halogens is 4. The highest BCUT2D eigenvalue weighted by molar-refractivity contribution is 6.17. The summed E-state index contributed by atoms with van der Waals surface area (Å²) in [4.78, 5) is 9.59. The largest absolute Gasteiger partial charge is 0.423 e. The quantitative estimate of drug-likeness (QED) is 0.459. The molecule has 1 rings (SSSR count). The smallest absolute Gasteiger partial charge is 0.258 e. The lowest BCUT2D eigenvalue weighted by Gasteiger charge is -2.11. The van der Waals surface area contributed by atoms with Crippen LogP contribution in [0.4, 0.5) is 18.9 Å². The molecule has 3 nitrogen and oxygen atoms in total. The second-order valence-electron chi connectivity index (χ2n) is 3.13. The molecule has 0 heterocycles. The van der Waals surface area contributed by atoms with Crippen LogP contribution in [0.15, 0.2) is 12.1 Å². The molecule has 0 aliphatic rings. The van der Waals surface area contributed by atoms with Crippen LogP contribution >= 0.6 is 11.6 Å². The predicted octanol–water partition coefficient (Wildman–Crippen LogP) is 3.66. The van der Waals surface area contributed by atoms with Crippen molar-refractivity contribution in [2.75, 3.05) is 0 Å². The van der Waals surface area contributed by atoms with E-state index in [1.807, 2.05) is 0 Å². The number of hydrogen-bond donors (Lipinski definition) is 0. The van der Waals surface area contributed by atoms with Crippen LogP contribution in [0.2, 0.25) is 0 Å². The van der Waals surface area contributed by atoms with E-state index in [1.165, 1.54) is 6.92 Å². The van der Waals surface area contributed by atoms with Crippen LogP contribution in [0.5, 0.6) is 0 Å². The fraction of sp³-hybridized carbons (Fsp3) is 0.333. The number of nitrogens with zero attached hydrogens (tertiary/aromatic N) is 1. The highest BCUT2D eigenvalue weighted by Crippen LogP contribution is 2.38. The van der Waals surface area contributed by atoms with Gasteiger partial charge in [-0.2, -0.15) is 13.2 Å². The molecule has 0 atom stereocenters. The van der Waals surface area contributed by atoms with E-state index in [4.69, 9.17) is 11.6 Å². The van der Waals surface area contributed by atoms with Crippen LogP contribution in [-0.2, 0) is 12.1 Å². The summed E-state index contributed by atoms with van der Waals surface area (Å²) in [6.45, 7) is 1.26. The summed E-state index contributed by atoms with van der Waals surface area (Å²) in [6, 6.07) is 1.83. The molecule has 88 valence electrons. The molecular weight excluding hydrogens is 247 g/mol. The Bertz CT molecular complexity index is 431. The zero-order valence-electron chi connectivity index (χ0n) is 8.14. The second-order valence-corrected chi connectivity index (χ2v) is 3.40. The van der Waals surface area contributed by atoms with Crippen molar-refractivity contribution >= 4 is 17.3 Å². The van der Waals surface area contributed by atoms with E-state index in [0.29, 0.717) is 11.6 Å². The molecule has 0 unspecified atom stereocenters. The van der Waals surface area contributed by atoms with E-state index in [0.717, 1.165) is 6.07 Å². The number of nitro benzene ring substituents is 1. The molecule has 0 bridgehead atoms. The molecule has 0 saturated carbocycles. The topological polar surface area (TPSA) is 43.1 Å². The molecule has 0 radical (unpaired) electrons. The van der Waals surface area contributed by atoms with E-state index in [1.54, 1.807) is 0 Å². The van der Waals surface area contributed by atoms with Crippen molar-refractivity contribution in [1.29, 1.82) is 0 Å². The third-order valence-corrected chi connectivity index (χ3v) is 2.46. The van der Waals surface area contributed by atoms with Crippen molar-refractivity contribution in [2.45, 2.75) is 19.0 Å². The summed E-state index contributed by atoms with van der Waals surface area (Å²) in [5, 5.41) is 10.6. The van der Waals surface area contributed by atoms with Gasteiger partial charge < -0.3 is 0 Å². The Morgan fingerprint density at radius 3 is 2.38 bits per heavy atom. The molecule has 0 aliphatic carbocycles. The fourth-order valence-electron chi connectivity index (χ4n) is 1.35. The number of rotatable bonds is 2. The number of alkyl halides is 4. The van der Waals surface area contributed by atoms with Gasteiger partial charge in [-0.1, -0.05) is 6.07 Å². The molecule has 1 aromatic rings. The van der Waals surface area contributed by atoms with Crippen LogP contribution < -0.4 is 0 Å². The fourth-order valence-corrected chi connectivity index (χ4v) is 1.64. The van der Waals surface area contributed by atoms with Gasteiger partial charge in [0.1, 0.15) is 5.56 Å². The van der Waals surface area contributed by atoms with Gasteiger partial charge in [0.05, 0.1) is 4.92 Å². The molecule has 0 aliphatic heterocycles. The summed E-state index contributed by atoms with van der Waals surface area (Å²) < 4.78 is 37.5. The van der Waals surface area contributed by atoms with E-state index in [9.17, 15) is 23.3 Å². The van der Waals surface area contributed by atoms with Gasteiger partial charge in [0.2, 0.25) is 0 Å². The molecular formula is C9H7ClF3NO2. The second kappa shape index (κ2) is 4.29. The van der Waals surface area contributed by atoms with Crippen LogP contribution in [0, 0.1) is 17.0 Å². The Hall–Kier alpha value is -1.30. The monoisotopic (exact) mass is 253 g/mol. The van der Waals surface area contributed by atoms with Crippen molar-refractivity contribution in [3.05, 3.63) is 38.9 Å². The summed E-state index contributed by atoms with van der Waals surface area (Å²) in [6.07, 6.45) is -4.74. The van der Waals surface area contributed by atoms with Crippen molar-refractivity contribution in [2.24, 2.45) is 0 Å². The maximum Gasteiger partial charge on any atom is 0.423 e. The van der Waals surface area contributed by atoms with Crippen LogP contribution in [0.1, 0.15) is 16.7 Å². The Morgan fingerprint density at radius 2 is 2.00 bits per heavy atom. The minimum atomic E-state index is -4.74. The van der Waals surface area contributed by atoms with Crippen LogP contribution in [0.3, 0.4) is 0 Å². The Kier molecular flexibility index (Phi) is 3.42. The van der Waals surface area contributed by atoms with Crippen molar-refractivity contribution in [1.82, 2.24) is 0 Å². The Balaban J connectivity index is 3.53. The third kappa shape index (κ3) is 2.27. The van der Waals surface area contributed by atoms with Crippen molar-refractivity contribution < 1.29 is 18.1 Å². The lowest BCUT2D eigenvalue weighted by atomic mass is 10.0. The average Bonchev–Trinajstić information content (AvgIpc) is 2.15. The third-order valence-electron chi connectivity index (χ3n) is 2.18. The first-order valence-corrected chi connectivity index (χ1v) is 4.72. The molecule has 16 heavy (non-hydrogen) atoms. The summed E-state index contributed by atoms with van der Waals surface area (Å²) >= 11 is 5.47. The molecule has 1 aromatic carbocycles. The van der Waals surface area contributed by atoms with Gasteiger partial charge in [-0.3, -0.25) is 10.1 Å². The zero-order valence-corrected chi connectivity index (χ0v) is 8.89. The predicted molar refractivity (Wildman–Crippen MR) is 52.4 cm³/mol. The average molecular weight is 254 g/mol. The number of benzene rings is 1. The van der Waals surface area contributed by atoms with Gasteiger partial charge >= 0.3 is 6.18 Å². The van der Waals surface area contributed by atoms with E-state index in [2.05, 4.69) is 0 Å². The van der Waals surface area contributed by atoms with Gasteiger partial charge in [0.15, 0.2) is 0 Å². The molecule has 0 aromatic heterocycles. The van der Waals surface area contributed by atoms with Crippen LogP contribution in [-0.4, -0.2) is 4.92 Å². The van der Waals surface area contributed by atoms with Gasteiger partial charge in [-0.25, -0.2) is 0 Å². The molecule has 0 spiro atoms. The summed E-state index contributed by atoms with van der Waals surface area (Å²) in [5.74, 6) is -0.0647. The Labute approximate surface area is 94.0 Å². The normalized spacial score (nSPS) is 11.6. The van der Waals surface area contributed by atoms with Gasteiger partial charge in [0.25, 0.3) is 5.69 Å². The molecule has 0 fully saturated rings. The lowest BCUT2D eigenvalue weighted by molar-refractivity contribution is -0.388. The minimum absolute atomic E-state index is 0.0465. The van der Waals surface area contributed by atoms with E-state index >= 15 is 0 Å². The number of hydrogen-bond acceptors (Lipinski definition) is 2. The highest BCUT2D eigenvalue weighted by Gasteiger charge is 2.39. The molecule has 0 N–H and O–H groups in total. The first kappa shape index (κ1) is 12.8. The SMILES string of the molecule is Cc1c(CCl)ccc(C(F)(F)F)c1[N+](=O)[O-]. The van der Waals surface area contributed by atoms with Crippen molar-refractivity contribution in [3.63, 3.8) is 0 Å². The van der Waals surface area contributed by atoms with Crippen LogP contribution in [0.25, 0.3) is 0 Å². The highest BCUT2D eigenvalue weighted by atomic mass is 35.5. The van der Waals surface area contributed by atoms with E-state index in [-0.39, 0.29) is 11.4 Å². The first-order valence-electron chi connectivity index (χ1n) is 4.19. The molecule has 7 heteroatoms. The first-order chi connectivity index (χ1) is 7.29. The van der Waals surface area contributed by atoms with Gasteiger partial charge in [0, 0.05) is 11.4 Å². The number of nitro groups is 1. The van der Waals surface area contributed by atoms with Gasteiger partial charge in [-0.05, 0) is 18.6 Å².